The van der Waals surface area contributed by atoms with Crippen LogP contribution in [0.1, 0.15) is 23.1 Å². The summed E-state index contributed by atoms with van der Waals surface area (Å²) < 4.78 is 0. The lowest BCUT2D eigenvalue weighted by molar-refractivity contribution is -0.117. The van der Waals surface area contributed by atoms with Gasteiger partial charge in [0.05, 0.1) is 18.3 Å². The number of hydrogen-bond donors (Lipinski definition) is 1. The minimum absolute atomic E-state index is 0.117. The SMILES string of the molecule is Cc1cc(C)c(-c2csc(NC(=O)CN(C)CCC#N)n2)cc1C. The number of aromatic nitrogens is 1. The van der Waals surface area contributed by atoms with Crippen LogP contribution >= 0.6 is 11.3 Å². The summed E-state index contributed by atoms with van der Waals surface area (Å²) in [6.45, 7) is 7.09. The van der Waals surface area contributed by atoms with Crippen LogP contribution in [-0.2, 0) is 4.79 Å². The number of nitrogens with zero attached hydrogens (tertiary/aromatic N) is 3. The fourth-order valence-electron chi connectivity index (χ4n) is 2.42. The molecule has 1 aromatic carbocycles. The molecule has 0 fully saturated rings. The van der Waals surface area contributed by atoms with Crippen LogP contribution in [0.25, 0.3) is 11.3 Å². The molecule has 0 spiro atoms. The molecule has 5 nitrogen and oxygen atoms in total. The Labute approximate surface area is 146 Å². The summed E-state index contributed by atoms with van der Waals surface area (Å²) in [6.07, 6.45) is 0.414. The van der Waals surface area contributed by atoms with Gasteiger partial charge in [-0.1, -0.05) is 6.07 Å². The molecule has 0 aliphatic carbocycles. The van der Waals surface area contributed by atoms with Crippen molar-refractivity contribution in [1.82, 2.24) is 9.88 Å². The molecule has 0 aliphatic heterocycles. The molecule has 0 aliphatic rings. The van der Waals surface area contributed by atoms with Gasteiger partial charge < -0.3 is 5.32 Å². The molecule has 2 aromatic rings. The molecule has 1 heterocycles. The molecule has 2 rings (SSSR count). The smallest absolute Gasteiger partial charge is 0.240 e. The Morgan fingerprint density at radius 2 is 2.00 bits per heavy atom. The molecule has 0 atom stereocenters. The van der Waals surface area contributed by atoms with Crippen LogP contribution in [-0.4, -0.2) is 35.9 Å². The number of carbonyl (C=O) groups is 1. The molecular formula is C18H22N4OS. The largest absolute Gasteiger partial charge is 0.301 e. The van der Waals surface area contributed by atoms with Crippen molar-refractivity contribution in [1.29, 1.82) is 5.26 Å². The number of hydrogen-bond acceptors (Lipinski definition) is 5. The van der Waals surface area contributed by atoms with E-state index in [9.17, 15) is 4.79 Å². The third-order valence-electron chi connectivity index (χ3n) is 3.89. The molecule has 0 saturated heterocycles. The average molecular weight is 342 g/mol. The Bertz CT molecular complexity index is 776. The van der Waals surface area contributed by atoms with Crippen molar-refractivity contribution in [3.05, 3.63) is 34.2 Å². The summed E-state index contributed by atoms with van der Waals surface area (Å²) in [4.78, 5) is 18.4. The van der Waals surface area contributed by atoms with Crippen molar-refractivity contribution in [2.75, 3.05) is 25.5 Å². The molecule has 0 saturated carbocycles. The average Bonchev–Trinajstić information content (AvgIpc) is 2.96. The van der Waals surface area contributed by atoms with Gasteiger partial charge in [0.1, 0.15) is 0 Å². The topological polar surface area (TPSA) is 69.0 Å². The van der Waals surface area contributed by atoms with E-state index in [1.54, 1.807) is 0 Å². The summed E-state index contributed by atoms with van der Waals surface area (Å²) >= 11 is 1.42. The van der Waals surface area contributed by atoms with Gasteiger partial charge in [-0.3, -0.25) is 9.69 Å². The van der Waals surface area contributed by atoms with Crippen molar-refractivity contribution in [2.24, 2.45) is 0 Å². The van der Waals surface area contributed by atoms with E-state index < -0.39 is 0 Å². The van der Waals surface area contributed by atoms with E-state index >= 15 is 0 Å². The number of nitrogens with one attached hydrogen (secondary N) is 1. The number of benzene rings is 1. The summed E-state index contributed by atoms with van der Waals surface area (Å²) in [5, 5.41) is 14.0. The lowest BCUT2D eigenvalue weighted by Gasteiger charge is -2.13. The van der Waals surface area contributed by atoms with Gasteiger partial charge in [-0.25, -0.2) is 4.98 Å². The highest BCUT2D eigenvalue weighted by molar-refractivity contribution is 7.14. The second kappa shape index (κ2) is 8.04. The van der Waals surface area contributed by atoms with Gasteiger partial charge >= 0.3 is 0 Å². The van der Waals surface area contributed by atoms with E-state index in [0.29, 0.717) is 18.1 Å². The first kappa shape index (κ1) is 18.1. The second-order valence-corrected chi connectivity index (χ2v) is 6.84. The van der Waals surface area contributed by atoms with Gasteiger partial charge in [0, 0.05) is 23.9 Å². The summed E-state index contributed by atoms with van der Waals surface area (Å²) in [6, 6.07) is 6.37. The fourth-order valence-corrected chi connectivity index (χ4v) is 3.14. The van der Waals surface area contributed by atoms with Gasteiger partial charge in [0.2, 0.25) is 5.91 Å². The van der Waals surface area contributed by atoms with E-state index in [0.717, 1.165) is 11.3 Å². The van der Waals surface area contributed by atoms with Gasteiger partial charge in [0.25, 0.3) is 0 Å². The normalized spacial score (nSPS) is 10.7. The quantitative estimate of drug-likeness (QED) is 0.872. The minimum Gasteiger partial charge on any atom is -0.301 e. The van der Waals surface area contributed by atoms with Crippen LogP contribution in [0.5, 0.6) is 0 Å². The van der Waals surface area contributed by atoms with Crippen LogP contribution in [0.3, 0.4) is 0 Å². The number of aryl methyl sites for hydroxylation is 3. The van der Waals surface area contributed by atoms with Crippen molar-refractivity contribution in [3.63, 3.8) is 0 Å². The molecule has 1 N–H and O–H groups in total. The van der Waals surface area contributed by atoms with Crippen molar-refractivity contribution in [3.8, 4) is 17.3 Å². The van der Waals surface area contributed by atoms with Crippen LogP contribution in [0.15, 0.2) is 17.5 Å². The third kappa shape index (κ3) is 4.63. The van der Waals surface area contributed by atoms with Gasteiger partial charge in [-0.2, -0.15) is 5.26 Å². The maximum absolute atomic E-state index is 12.0. The highest BCUT2D eigenvalue weighted by Crippen LogP contribution is 2.29. The first-order valence-corrected chi connectivity index (χ1v) is 8.67. The number of anilines is 1. The Kier molecular flexibility index (Phi) is 6.07. The highest BCUT2D eigenvalue weighted by atomic mass is 32.1. The van der Waals surface area contributed by atoms with Crippen LogP contribution in [0, 0.1) is 32.1 Å². The predicted molar refractivity (Wildman–Crippen MR) is 98.1 cm³/mol. The summed E-state index contributed by atoms with van der Waals surface area (Å²) in [7, 11) is 1.82. The van der Waals surface area contributed by atoms with Crippen LogP contribution < -0.4 is 5.32 Å². The molecule has 0 radical (unpaired) electrons. The van der Waals surface area contributed by atoms with Gasteiger partial charge in [0.15, 0.2) is 5.13 Å². The van der Waals surface area contributed by atoms with E-state index in [1.165, 1.54) is 28.0 Å². The van der Waals surface area contributed by atoms with Crippen molar-refractivity contribution in [2.45, 2.75) is 27.2 Å². The van der Waals surface area contributed by atoms with E-state index in [1.807, 2.05) is 17.3 Å². The van der Waals surface area contributed by atoms with Crippen molar-refractivity contribution < 1.29 is 4.79 Å². The molecule has 0 bridgehead atoms. The Balaban J connectivity index is 2.05. The van der Waals surface area contributed by atoms with E-state index in [4.69, 9.17) is 5.26 Å². The number of carbonyl (C=O) groups excluding carboxylic acids is 1. The molecule has 6 heteroatoms. The molecule has 24 heavy (non-hydrogen) atoms. The van der Waals surface area contributed by atoms with Gasteiger partial charge in [-0.15, -0.1) is 11.3 Å². The molecule has 0 unspecified atom stereocenters. The van der Waals surface area contributed by atoms with E-state index in [2.05, 4.69) is 49.3 Å². The summed E-state index contributed by atoms with van der Waals surface area (Å²) in [5.41, 5.74) is 5.65. The number of rotatable bonds is 6. The zero-order valence-corrected chi connectivity index (χ0v) is 15.3. The van der Waals surface area contributed by atoms with Gasteiger partial charge in [-0.05, 0) is 50.6 Å². The fraction of sp³-hybridized carbons (Fsp3) is 0.389. The van der Waals surface area contributed by atoms with Crippen molar-refractivity contribution >= 4 is 22.4 Å². The Hall–Kier alpha value is -2.23. The Morgan fingerprint density at radius 3 is 2.71 bits per heavy atom. The highest BCUT2D eigenvalue weighted by Gasteiger charge is 2.12. The zero-order chi connectivity index (χ0) is 17.7. The number of likely N-dealkylation sites (N-methyl/N-ethyl adjacent to an activating group) is 1. The number of nitriles is 1. The summed E-state index contributed by atoms with van der Waals surface area (Å²) in [5.74, 6) is -0.117. The lowest BCUT2D eigenvalue weighted by Crippen LogP contribution is -2.30. The number of thiazole rings is 1. The van der Waals surface area contributed by atoms with Crippen LogP contribution in [0.4, 0.5) is 5.13 Å². The number of amides is 1. The maximum atomic E-state index is 12.0. The third-order valence-corrected chi connectivity index (χ3v) is 4.64. The first-order chi connectivity index (χ1) is 11.4. The van der Waals surface area contributed by atoms with E-state index in [-0.39, 0.29) is 12.5 Å². The lowest BCUT2D eigenvalue weighted by atomic mass is 9.99. The zero-order valence-electron chi connectivity index (χ0n) is 14.5. The molecular weight excluding hydrogens is 320 g/mol. The standard InChI is InChI=1S/C18H22N4OS/c1-12-8-14(3)15(9-13(12)2)16-11-24-18(20-16)21-17(23)10-22(4)7-5-6-19/h8-9,11H,5,7,10H2,1-4H3,(H,20,21,23). The predicted octanol–water partition coefficient (Wildman–Crippen LogP) is 3.52. The second-order valence-electron chi connectivity index (χ2n) is 5.98. The first-order valence-electron chi connectivity index (χ1n) is 7.79. The minimum atomic E-state index is -0.117. The monoisotopic (exact) mass is 342 g/mol. The molecule has 1 amide bonds. The Morgan fingerprint density at radius 1 is 1.29 bits per heavy atom. The maximum Gasteiger partial charge on any atom is 0.240 e. The molecule has 1 aromatic heterocycles. The van der Waals surface area contributed by atoms with Crippen LogP contribution in [0.2, 0.25) is 0 Å². The molecule has 126 valence electrons.